The molecule has 2 aromatic rings. The first-order valence-corrected chi connectivity index (χ1v) is 6.25. The van der Waals surface area contributed by atoms with Gasteiger partial charge in [-0.3, -0.25) is 0 Å². The number of hydrogen-bond acceptors (Lipinski definition) is 5. The van der Waals surface area contributed by atoms with Crippen molar-refractivity contribution >= 4 is 21.4 Å². The van der Waals surface area contributed by atoms with Crippen molar-refractivity contribution in [1.29, 1.82) is 0 Å². The highest BCUT2D eigenvalue weighted by Gasteiger charge is 2.06. The molecule has 0 aliphatic rings. The van der Waals surface area contributed by atoms with Gasteiger partial charge in [-0.2, -0.15) is 0 Å². The molecule has 1 heterocycles. The first-order valence-electron chi connectivity index (χ1n) is 4.70. The average molecular weight is 250 g/mol. The van der Waals surface area contributed by atoms with Gasteiger partial charge in [0.25, 0.3) is 0 Å². The normalized spacial score (nSPS) is 11.1. The van der Waals surface area contributed by atoms with Gasteiger partial charge in [0.1, 0.15) is 6.33 Å². The molecule has 0 aliphatic heterocycles. The lowest BCUT2D eigenvalue weighted by atomic mass is 10.3. The van der Waals surface area contributed by atoms with Gasteiger partial charge in [-0.15, -0.1) is 0 Å². The molecule has 17 heavy (non-hydrogen) atoms. The number of aromatic nitrogens is 2. The molecule has 0 saturated heterocycles. The van der Waals surface area contributed by atoms with Crippen molar-refractivity contribution in [2.24, 2.45) is 5.14 Å². The average Bonchev–Trinajstić information content (AvgIpc) is 2.30. The van der Waals surface area contributed by atoms with Crippen molar-refractivity contribution in [3.8, 4) is 0 Å². The van der Waals surface area contributed by atoms with Crippen molar-refractivity contribution in [2.45, 2.75) is 4.90 Å². The smallest absolute Gasteiger partial charge is 0.238 e. The van der Waals surface area contributed by atoms with E-state index < -0.39 is 10.0 Å². The van der Waals surface area contributed by atoms with Crippen molar-refractivity contribution in [3.05, 3.63) is 43.0 Å². The van der Waals surface area contributed by atoms with Crippen LogP contribution in [0.1, 0.15) is 0 Å². The summed E-state index contributed by atoms with van der Waals surface area (Å²) in [7, 11) is -3.64. The van der Waals surface area contributed by atoms with E-state index in [2.05, 4.69) is 15.3 Å². The third kappa shape index (κ3) is 2.99. The van der Waals surface area contributed by atoms with E-state index in [9.17, 15) is 8.42 Å². The van der Waals surface area contributed by atoms with Gasteiger partial charge in [-0.25, -0.2) is 23.5 Å². The van der Waals surface area contributed by atoms with Gasteiger partial charge in [-0.1, -0.05) is 0 Å². The van der Waals surface area contributed by atoms with Crippen LogP contribution in [0.5, 0.6) is 0 Å². The van der Waals surface area contributed by atoms with Gasteiger partial charge < -0.3 is 5.32 Å². The van der Waals surface area contributed by atoms with E-state index in [1.165, 1.54) is 18.5 Å². The van der Waals surface area contributed by atoms with E-state index in [0.717, 1.165) is 11.4 Å². The molecule has 88 valence electrons. The standard InChI is InChI=1S/C10H10N4O2S/c11-17(15,16)10-3-1-8(2-4-10)14-9-5-12-7-13-6-9/h1-7,14H,(H2,11,15,16). The summed E-state index contributed by atoms with van der Waals surface area (Å²) in [6.45, 7) is 0. The molecule has 0 amide bonds. The molecule has 0 unspecified atom stereocenters. The zero-order chi connectivity index (χ0) is 12.3. The number of sulfonamides is 1. The highest BCUT2D eigenvalue weighted by Crippen LogP contribution is 2.16. The maximum Gasteiger partial charge on any atom is 0.238 e. The minimum absolute atomic E-state index is 0.0763. The highest BCUT2D eigenvalue weighted by molar-refractivity contribution is 7.89. The number of anilines is 2. The van der Waals surface area contributed by atoms with Gasteiger partial charge in [0.15, 0.2) is 0 Å². The minimum Gasteiger partial charge on any atom is -0.353 e. The summed E-state index contributed by atoms with van der Waals surface area (Å²) in [5, 5.41) is 8.01. The Morgan fingerprint density at radius 2 is 1.59 bits per heavy atom. The van der Waals surface area contributed by atoms with Crippen molar-refractivity contribution in [3.63, 3.8) is 0 Å². The van der Waals surface area contributed by atoms with E-state index in [-0.39, 0.29) is 4.90 Å². The zero-order valence-electron chi connectivity index (χ0n) is 8.74. The molecule has 2 rings (SSSR count). The fourth-order valence-electron chi connectivity index (χ4n) is 1.26. The number of rotatable bonds is 3. The summed E-state index contributed by atoms with van der Waals surface area (Å²) in [5.74, 6) is 0. The summed E-state index contributed by atoms with van der Waals surface area (Å²) in [6.07, 6.45) is 4.65. The molecule has 3 N–H and O–H groups in total. The van der Waals surface area contributed by atoms with E-state index in [1.807, 2.05) is 0 Å². The van der Waals surface area contributed by atoms with Crippen LogP contribution in [-0.4, -0.2) is 18.4 Å². The quantitative estimate of drug-likeness (QED) is 0.842. The number of hydrogen-bond donors (Lipinski definition) is 2. The summed E-state index contributed by atoms with van der Waals surface area (Å²) in [5.41, 5.74) is 1.45. The number of nitrogens with two attached hydrogens (primary N) is 1. The molecule has 7 heteroatoms. The molecular formula is C10H10N4O2S. The van der Waals surface area contributed by atoms with Crippen LogP contribution in [0.2, 0.25) is 0 Å². The molecule has 0 spiro atoms. The summed E-state index contributed by atoms with van der Waals surface area (Å²) < 4.78 is 22.1. The maximum atomic E-state index is 11.0. The number of benzene rings is 1. The molecule has 0 bridgehead atoms. The topological polar surface area (TPSA) is 98.0 Å². The largest absolute Gasteiger partial charge is 0.353 e. The SMILES string of the molecule is NS(=O)(=O)c1ccc(Nc2cncnc2)cc1. The van der Waals surface area contributed by atoms with Crippen LogP contribution in [-0.2, 0) is 10.0 Å². The zero-order valence-corrected chi connectivity index (χ0v) is 9.55. The molecule has 1 aromatic heterocycles. The lowest BCUT2D eigenvalue weighted by Gasteiger charge is -2.05. The molecule has 0 aliphatic carbocycles. The molecular weight excluding hydrogens is 240 g/mol. The Morgan fingerprint density at radius 1 is 1.00 bits per heavy atom. The van der Waals surface area contributed by atoms with Crippen molar-refractivity contribution in [2.75, 3.05) is 5.32 Å². The highest BCUT2D eigenvalue weighted by atomic mass is 32.2. The molecule has 0 fully saturated rings. The van der Waals surface area contributed by atoms with E-state index >= 15 is 0 Å². The summed E-state index contributed by atoms with van der Waals surface area (Å²) >= 11 is 0. The Bertz CT molecular complexity index is 596. The van der Waals surface area contributed by atoms with Gasteiger partial charge in [0.05, 0.1) is 23.0 Å². The number of nitrogens with one attached hydrogen (secondary N) is 1. The molecule has 0 radical (unpaired) electrons. The van der Waals surface area contributed by atoms with Gasteiger partial charge in [0, 0.05) is 5.69 Å². The second kappa shape index (κ2) is 4.48. The maximum absolute atomic E-state index is 11.0. The number of primary sulfonamides is 1. The number of nitrogens with zero attached hydrogens (tertiary/aromatic N) is 2. The summed E-state index contributed by atoms with van der Waals surface area (Å²) in [4.78, 5) is 7.77. The third-order valence-corrected chi connectivity index (χ3v) is 2.96. The van der Waals surface area contributed by atoms with Gasteiger partial charge in [0.2, 0.25) is 10.0 Å². The molecule has 1 aromatic carbocycles. The fraction of sp³-hybridized carbons (Fsp3) is 0. The third-order valence-electron chi connectivity index (χ3n) is 2.03. The van der Waals surface area contributed by atoms with E-state index in [4.69, 9.17) is 5.14 Å². The Balaban J connectivity index is 2.20. The first-order chi connectivity index (χ1) is 8.05. The second-order valence-electron chi connectivity index (χ2n) is 3.32. The molecule has 0 atom stereocenters. The van der Waals surface area contributed by atoms with Crippen molar-refractivity contribution in [1.82, 2.24) is 9.97 Å². The second-order valence-corrected chi connectivity index (χ2v) is 4.88. The first kappa shape index (κ1) is 11.5. The Kier molecular flexibility index (Phi) is 3.03. The summed E-state index contributed by atoms with van der Waals surface area (Å²) in [6, 6.07) is 6.10. The molecule has 0 saturated carbocycles. The fourth-order valence-corrected chi connectivity index (χ4v) is 1.77. The van der Waals surface area contributed by atoms with Crippen LogP contribution < -0.4 is 10.5 Å². The Labute approximate surface area is 98.6 Å². The monoisotopic (exact) mass is 250 g/mol. The van der Waals surface area contributed by atoms with Gasteiger partial charge >= 0.3 is 0 Å². The van der Waals surface area contributed by atoms with Crippen molar-refractivity contribution < 1.29 is 8.42 Å². The Hall–Kier alpha value is -1.99. The lowest BCUT2D eigenvalue weighted by Crippen LogP contribution is -2.11. The van der Waals surface area contributed by atoms with Gasteiger partial charge in [-0.05, 0) is 24.3 Å². The predicted octanol–water partition coefficient (Wildman–Crippen LogP) is 0.868. The minimum atomic E-state index is -3.64. The van der Waals surface area contributed by atoms with Crippen LogP contribution in [0.4, 0.5) is 11.4 Å². The molecule has 6 nitrogen and oxygen atoms in total. The van der Waals surface area contributed by atoms with Crippen LogP contribution in [0.3, 0.4) is 0 Å². The Morgan fingerprint density at radius 3 is 2.12 bits per heavy atom. The van der Waals surface area contributed by atoms with Crippen LogP contribution in [0, 0.1) is 0 Å². The lowest BCUT2D eigenvalue weighted by molar-refractivity contribution is 0.598. The van der Waals surface area contributed by atoms with E-state index in [0.29, 0.717) is 0 Å². The predicted molar refractivity (Wildman–Crippen MR) is 63.1 cm³/mol. The van der Waals surface area contributed by atoms with Crippen LogP contribution >= 0.6 is 0 Å². The van der Waals surface area contributed by atoms with Crippen LogP contribution in [0.25, 0.3) is 0 Å². The van der Waals surface area contributed by atoms with E-state index in [1.54, 1.807) is 24.5 Å². The van der Waals surface area contributed by atoms with Crippen LogP contribution in [0.15, 0.2) is 47.9 Å².